The van der Waals surface area contributed by atoms with E-state index in [9.17, 15) is 4.39 Å². The fourth-order valence-corrected chi connectivity index (χ4v) is 1.48. The van der Waals surface area contributed by atoms with E-state index in [2.05, 4.69) is 9.83 Å². The van der Waals surface area contributed by atoms with E-state index in [1.54, 1.807) is 18.2 Å². The molecule has 0 spiro atoms. The molecule has 74 valence electrons. The van der Waals surface area contributed by atoms with Gasteiger partial charge in [-0.25, -0.2) is 9.24 Å². The van der Waals surface area contributed by atoms with Crippen LogP contribution in [-0.4, -0.2) is 4.98 Å². The molecule has 4 heteroatoms. The molecule has 2 rings (SSSR count). The second-order valence-corrected chi connectivity index (χ2v) is 3.38. The number of nitrogens with zero attached hydrogens (tertiary/aromatic N) is 1. The molecule has 0 bridgehead atoms. The van der Waals surface area contributed by atoms with E-state index < -0.39 is 0 Å². The van der Waals surface area contributed by atoms with Gasteiger partial charge in [0.1, 0.15) is 11.0 Å². The summed E-state index contributed by atoms with van der Waals surface area (Å²) in [5.74, 6) is -0.290. The Kier molecular flexibility index (Phi) is 2.44. The van der Waals surface area contributed by atoms with Gasteiger partial charge in [-0.3, -0.25) is 0 Å². The number of nitrogens with one attached hydrogen (secondary N) is 1. The molecule has 0 aliphatic carbocycles. The number of hydrogen-bond donors (Lipinski definition) is 1. The molecule has 2 nitrogen and oxygen atoms in total. The maximum absolute atomic E-state index is 12.7. The van der Waals surface area contributed by atoms with Crippen LogP contribution in [0.4, 0.5) is 10.1 Å². The molecule has 0 radical (unpaired) electrons. The molecule has 1 heterocycles. The van der Waals surface area contributed by atoms with Gasteiger partial charge in [0, 0.05) is 5.69 Å². The van der Waals surface area contributed by atoms with Crippen molar-refractivity contribution in [1.82, 2.24) is 4.98 Å². The van der Waals surface area contributed by atoms with Gasteiger partial charge >= 0.3 is 0 Å². The summed E-state index contributed by atoms with van der Waals surface area (Å²) in [5.41, 5.74) is 1.88. The first-order valence-electron chi connectivity index (χ1n) is 4.22. The lowest BCUT2D eigenvalue weighted by molar-refractivity contribution is 0.628. The van der Waals surface area contributed by atoms with Crippen molar-refractivity contribution in [3.05, 3.63) is 52.7 Å². The van der Waals surface area contributed by atoms with Crippen LogP contribution in [0, 0.1) is 12.4 Å². The minimum Gasteiger partial charge on any atom is -0.355 e. The molecule has 0 fully saturated rings. The number of hydrogen-bond acceptors (Lipinski definition) is 0. The highest BCUT2D eigenvalue weighted by Crippen LogP contribution is 2.30. The minimum atomic E-state index is -0.290. The van der Waals surface area contributed by atoms with Crippen molar-refractivity contribution in [2.24, 2.45) is 0 Å². The van der Waals surface area contributed by atoms with Gasteiger partial charge in [0.2, 0.25) is 5.69 Å². The van der Waals surface area contributed by atoms with Crippen LogP contribution in [0.1, 0.15) is 0 Å². The van der Waals surface area contributed by atoms with Gasteiger partial charge < -0.3 is 4.98 Å². The van der Waals surface area contributed by atoms with Gasteiger partial charge in [0.05, 0.1) is 6.57 Å². The van der Waals surface area contributed by atoms with E-state index in [0.717, 1.165) is 5.56 Å². The van der Waals surface area contributed by atoms with E-state index in [4.69, 9.17) is 18.2 Å². The molecule has 1 N–H and O–H groups in total. The van der Waals surface area contributed by atoms with Crippen molar-refractivity contribution in [2.45, 2.75) is 0 Å². The Labute approximate surface area is 91.1 Å². The maximum Gasteiger partial charge on any atom is 0.223 e. The second kappa shape index (κ2) is 3.76. The van der Waals surface area contributed by atoms with Crippen molar-refractivity contribution in [3.8, 4) is 11.3 Å². The topological polar surface area (TPSA) is 20.1 Å². The Hall–Kier alpha value is -1.79. The zero-order valence-corrected chi connectivity index (χ0v) is 8.35. The molecule has 15 heavy (non-hydrogen) atoms. The predicted molar refractivity (Wildman–Crippen MR) is 57.5 cm³/mol. The average Bonchev–Trinajstić information content (AvgIpc) is 2.61. The third-order valence-corrected chi connectivity index (χ3v) is 2.31. The van der Waals surface area contributed by atoms with Crippen LogP contribution in [0.3, 0.4) is 0 Å². The molecule has 0 atom stereocenters. The van der Waals surface area contributed by atoms with Gasteiger partial charge in [0.25, 0.3) is 0 Å². The highest BCUT2D eigenvalue weighted by atomic mass is 35.5. The summed E-state index contributed by atoms with van der Waals surface area (Å²) in [4.78, 5) is 6.11. The van der Waals surface area contributed by atoms with Crippen LogP contribution in [0.2, 0.25) is 5.15 Å². The molecule has 2 aromatic rings. The highest BCUT2D eigenvalue weighted by Gasteiger charge is 2.07. The lowest BCUT2D eigenvalue weighted by Crippen LogP contribution is -1.77. The van der Waals surface area contributed by atoms with Crippen LogP contribution >= 0.6 is 11.6 Å². The summed E-state index contributed by atoms with van der Waals surface area (Å²) < 4.78 is 12.7. The Morgan fingerprint density at radius 3 is 2.47 bits per heavy atom. The van der Waals surface area contributed by atoms with E-state index in [1.165, 1.54) is 12.1 Å². The van der Waals surface area contributed by atoms with Gasteiger partial charge in [-0.05, 0) is 23.8 Å². The van der Waals surface area contributed by atoms with E-state index in [1.807, 2.05) is 0 Å². The van der Waals surface area contributed by atoms with Gasteiger partial charge in [0.15, 0.2) is 0 Å². The molecule has 0 saturated heterocycles. The molecular formula is C11H6ClFN2. The number of H-pyrrole nitrogens is 1. The van der Waals surface area contributed by atoms with Crippen LogP contribution in [0.5, 0.6) is 0 Å². The molecule has 0 aliphatic heterocycles. The van der Waals surface area contributed by atoms with E-state index >= 15 is 0 Å². The summed E-state index contributed by atoms with van der Waals surface area (Å²) in [5, 5.41) is 0.310. The SMILES string of the molecule is [C-]#[N+]c1cc(-c2ccc(F)cc2)[nH]c1Cl. The van der Waals surface area contributed by atoms with Crippen molar-refractivity contribution in [3.63, 3.8) is 0 Å². The minimum absolute atomic E-state index is 0.290. The normalized spacial score (nSPS) is 9.93. The van der Waals surface area contributed by atoms with Crippen molar-refractivity contribution in [2.75, 3.05) is 0 Å². The smallest absolute Gasteiger partial charge is 0.223 e. The first kappa shape index (κ1) is 9.75. The number of aromatic amines is 1. The third kappa shape index (κ3) is 1.85. The van der Waals surface area contributed by atoms with Crippen LogP contribution in [-0.2, 0) is 0 Å². The van der Waals surface area contributed by atoms with Crippen molar-refractivity contribution < 1.29 is 4.39 Å². The Balaban J connectivity index is 2.46. The monoisotopic (exact) mass is 220 g/mol. The van der Waals surface area contributed by atoms with Crippen molar-refractivity contribution >= 4 is 17.3 Å². The quantitative estimate of drug-likeness (QED) is 0.701. The van der Waals surface area contributed by atoms with E-state index in [0.29, 0.717) is 16.5 Å². The highest BCUT2D eigenvalue weighted by molar-refractivity contribution is 6.32. The van der Waals surface area contributed by atoms with Gasteiger partial charge in [-0.1, -0.05) is 23.7 Å². The van der Waals surface area contributed by atoms with Gasteiger partial charge in [-0.2, -0.15) is 0 Å². The predicted octanol–water partition coefficient (Wildman–Crippen LogP) is 4.02. The molecular weight excluding hydrogens is 215 g/mol. The maximum atomic E-state index is 12.7. The van der Waals surface area contributed by atoms with Crippen LogP contribution < -0.4 is 0 Å². The fourth-order valence-electron chi connectivity index (χ4n) is 1.28. The lowest BCUT2D eigenvalue weighted by atomic mass is 10.1. The zero-order valence-electron chi connectivity index (χ0n) is 7.59. The largest absolute Gasteiger partial charge is 0.355 e. The first-order valence-corrected chi connectivity index (χ1v) is 4.60. The first-order chi connectivity index (χ1) is 7.20. The molecule has 1 aromatic heterocycles. The number of halogens is 2. The van der Waals surface area contributed by atoms with Crippen LogP contribution in [0.15, 0.2) is 30.3 Å². The lowest BCUT2D eigenvalue weighted by Gasteiger charge is -1.96. The molecule has 0 aliphatic rings. The number of rotatable bonds is 1. The molecule has 0 unspecified atom stereocenters. The standard InChI is InChI=1S/C11H6ClFN2/c1-14-10-6-9(15-11(10)12)7-2-4-8(13)5-3-7/h2-6,15H. The second-order valence-electron chi connectivity index (χ2n) is 3.00. The fraction of sp³-hybridized carbons (Fsp3) is 0. The third-order valence-electron chi connectivity index (χ3n) is 2.03. The summed E-state index contributed by atoms with van der Waals surface area (Å²) in [6.45, 7) is 6.86. The van der Waals surface area contributed by atoms with E-state index in [-0.39, 0.29) is 5.82 Å². The molecule has 0 amide bonds. The number of aromatic nitrogens is 1. The summed E-state index contributed by atoms with van der Waals surface area (Å²) in [7, 11) is 0. The average molecular weight is 221 g/mol. The Morgan fingerprint density at radius 1 is 1.27 bits per heavy atom. The Bertz CT molecular complexity index is 523. The van der Waals surface area contributed by atoms with Crippen LogP contribution in [0.25, 0.3) is 16.1 Å². The summed E-state index contributed by atoms with van der Waals surface area (Å²) >= 11 is 5.78. The van der Waals surface area contributed by atoms with Crippen molar-refractivity contribution in [1.29, 1.82) is 0 Å². The zero-order chi connectivity index (χ0) is 10.8. The summed E-state index contributed by atoms with van der Waals surface area (Å²) in [6.07, 6.45) is 0. The Morgan fingerprint density at radius 2 is 1.93 bits per heavy atom. The van der Waals surface area contributed by atoms with Gasteiger partial charge in [-0.15, -0.1) is 0 Å². The molecule has 1 aromatic carbocycles. The molecule has 0 saturated carbocycles. The number of benzene rings is 1. The summed E-state index contributed by atoms with van der Waals surface area (Å²) in [6, 6.07) is 7.63.